The van der Waals surface area contributed by atoms with Crippen molar-refractivity contribution in [1.82, 2.24) is 14.5 Å². The lowest BCUT2D eigenvalue weighted by Gasteiger charge is -2.13. The molecular weight excluding hydrogens is 212 g/mol. The van der Waals surface area contributed by atoms with Gasteiger partial charge >= 0.3 is 0 Å². The van der Waals surface area contributed by atoms with Gasteiger partial charge in [-0.15, -0.1) is 5.10 Å². The average Bonchev–Trinajstić information content (AvgIpc) is 2.78. The van der Waals surface area contributed by atoms with Crippen molar-refractivity contribution < 1.29 is 5.11 Å². The Morgan fingerprint density at radius 1 is 1.67 bits per heavy atom. The molecule has 1 aliphatic heterocycles. The maximum absolute atomic E-state index is 9.41. The normalized spacial score (nSPS) is 22.1. The van der Waals surface area contributed by atoms with Crippen LogP contribution in [0.5, 0.6) is 0 Å². The minimum absolute atomic E-state index is 0.167. The molecule has 0 radical (unpaired) electrons. The molecule has 1 aliphatic rings. The van der Waals surface area contributed by atoms with Crippen molar-refractivity contribution >= 4 is 16.5 Å². The number of nitrogens with one attached hydrogen (secondary N) is 1. The minimum Gasteiger partial charge on any atom is -0.392 e. The van der Waals surface area contributed by atoms with Gasteiger partial charge in [0.1, 0.15) is 10.7 Å². The van der Waals surface area contributed by atoms with Gasteiger partial charge in [0, 0.05) is 37.7 Å². The molecule has 1 unspecified atom stereocenters. The lowest BCUT2D eigenvalue weighted by Crippen LogP contribution is -2.22. The number of aromatic nitrogens is 2. The van der Waals surface area contributed by atoms with E-state index in [1.807, 2.05) is 0 Å². The Kier molecular flexibility index (Phi) is 3.50. The second-order valence-electron chi connectivity index (χ2n) is 3.76. The Labute approximate surface area is 93.3 Å². The van der Waals surface area contributed by atoms with Gasteiger partial charge in [-0.3, -0.25) is 4.90 Å². The van der Waals surface area contributed by atoms with Crippen LogP contribution >= 0.6 is 11.5 Å². The molecule has 1 atom stereocenters. The summed E-state index contributed by atoms with van der Waals surface area (Å²) in [6.45, 7) is 5.44. The Morgan fingerprint density at radius 3 is 3.20 bits per heavy atom. The fourth-order valence-electron chi connectivity index (χ4n) is 1.77. The van der Waals surface area contributed by atoms with Crippen LogP contribution in [0.25, 0.3) is 0 Å². The molecule has 2 rings (SSSR count). The van der Waals surface area contributed by atoms with Crippen molar-refractivity contribution in [2.24, 2.45) is 0 Å². The lowest BCUT2D eigenvalue weighted by atomic mass is 10.3. The molecule has 6 heteroatoms. The Hall–Kier alpha value is -0.720. The molecular formula is C9H16N4OS. The van der Waals surface area contributed by atoms with Crippen LogP contribution in [0.3, 0.4) is 0 Å². The molecule has 0 aromatic carbocycles. The van der Waals surface area contributed by atoms with E-state index in [4.69, 9.17) is 0 Å². The number of aliphatic hydroxyl groups excluding tert-OH is 1. The number of rotatable bonds is 4. The second kappa shape index (κ2) is 4.87. The van der Waals surface area contributed by atoms with Gasteiger partial charge in [-0.1, -0.05) is 4.49 Å². The summed E-state index contributed by atoms with van der Waals surface area (Å²) in [5.41, 5.74) is 0.996. The molecule has 1 saturated heterocycles. The van der Waals surface area contributed by atoms with Crippen molar-refractivity contribution in [3.05, 3.63) is 5.69 Å². The van der Waals surface area contributed by atoms with Crippen molar-refractivity contribution in [2.45, 2.75) is 26.0 Å². The van der Waals surface area contributed by atoms with Crippen LogP contribution in [0.1, 0.15) is 19.0 Å². The van der Waals surface area contributed by atoms with Gasteiger partial charge in [0.15, 0.2) is 0 Å². The first kappa shape index (κ1) is 10.8. The molecule has 1 aromatic rings. The number of hydrogen-bond acceptors (Lipinski definition) is 6. The van der Waals surface area contributed by atoms with Crippen LogP contribution in [0.2, 0.25) is 0 Å². The predicted octanol–water partition coefficient (Wildman–Crippen LogP) is 0.536. The highest BCUT2D eigenvalue weighted by Crippen LogP contribution is 2.21. The number of aliphatic hydroxyl groups is 1. The average molecular weight is 228 g/mol. The van der Waals surface area contributed by atoms with E-state index in [9.17, 15) is 5.11 Å². The number of likely N-dealkylation sites (tertiary alicyclic amines) is 1. The van der Waals surface area contributed by atoms with E-state index >= 15 is 0 Å². The van der Waals surface area contributed by atoms with Crippen molar-refractivity contribution in [2.75, 3.05) is 25.0 Å². The van der Waals surface area contributed by atoms with E-state index in [0.29, 0.717) is 0 Å². The van der Waals surface area contributed by atoms with Gasteiger partial charge < -0.3 is 10.4 Å². The van der Waals surface area contributed by atoms with Crippen LogP contribution in [0, 0.1) is 0 Å². The highest BCUT2D eigenvalue weighted by atomic mass is 32.1. The smallest absolute Gasteiger partial charge is 0.134 e. The summed E-state index contributed by atoms with van der Waals surface area (Å²) in [5.74, 6) is 0. The third-order valence-electron chi connectivity index (χ3n) is 2.51. The van der Waals surface area contributed by atoms with Gasteiger partial charge in [0.25, 0.3) is 0 Å². The number of β-amino-alcohol motifs (C(OH)–C–C–N with tert-alkyl or cyclic N) is 1. The van der Waals surface area contributed by atoms with E-state index in [-0.39, 0.29) is 6.10 Å². The zero-order valence-electron chi connectivity index (χ0n) is 8.81. The van der Waals surface area contributed by atoms with Crippen molar-refractivity contribution in [3.8, 4) is 0 Å². The van der Waals surface area contributed by atoms with E-state index in [0.717, 1.165) is 43.3 Å². The molecule has 1 aromatic heterocycles. The molecule has 0 saturated carbocycles. The van der Waals surface area contributed by atoms with Crippen LogP contribution in [0.4, 0.5) is 5.00 Å². The summed E-state index contributed by atoms with van der Waals surface area (Å²) in [6.07, 6.45) is 0.702. The van der Waals surface area contributed by atoms with Crippen LogP contribution in [0.15, 0.2) is 0 Å². The van der Waals surface area contributed by atoms with Gasteiger partial charge in [-0.05, 0) is 13.3 Å². The van der Waals surface area contributed by atoms with Crippen LogP contribution in [-0.2, 0) is 6.54 Å². The standard InChI is InChI=1S/C9H16N4OS/c1-2-10-9-8(11-12-15-9)6-13-4-3-7(14)5-13/h7,10,14H,2-6H2,1H3. The molecule has 5 nitrogen and oxygen atoms in total. The molecule has 15 heavy (non-hydrogen) atoms. The summed E-state index contributed by atoms with van der Waals surface area (Å²) in [6, 6.07) is 0. The van der Waals surface area contributed by atoms with Gasteiger partial charge in [0.05, 0.1) is 6.10 Å². The molecule has 2 heterocycles. The summed E-state index contributed by atoms with van der Waals surface area (Å²) in [5, 5.41) is 17.8. The molecule has 0 aliphatic carbocycles. The first-order valence-corrected chi connectivity index (χ1v) is 6.02. The second-order valence-corrected chi connectivity index (χ2v) is 4.51. The largest absolute Gasteiger partial charge is 0.392 e. The Bertz CT molecular complexity index is 317. The Morgan fingerprint density at radius 2 is 2.53 bits per heavy atom. The van der Waals surface area contributed by atoms with E-state index in [2.05, 4.69) is 26.7 Å². The van der Waals surface area contributed by atoms with Gasteiger partial charge in [-0.2, -0.15) is 0 Å². The maximum Gasteiger partial charge on any atom is 0.134 e. The number of nitrogens with zero attached hydrogens (tertiary/aromatic N) is 3. The minimum atomic E-state index is -0.167. The summed E-state index contributed by atoms with van der Waals surface area (Å²) in [4.78, 5) is 2.21. The topological polar surface area (TPSA) is 61.3 Å². The fraction of sp³-hybridized carbons (Fsp3) is 0.778. The SMILES string of the molecule is CCNc1snnc1CN1CCC(O)C1. The zero-order valence-corrected chi connectivity index (χ0v) is 9.63. The first-order chi connectivity index (χ1) is 7.29. The number of anilines is 1. The van der Waals surface area contributed by atoms with Crippen LogP contribution in [-0.4, -0.2) is 45.3 Å². The van der Waals surface area contributed by atoms with Gasteiger partial charge in [0.2, 0.25) is 0 Å². The summed E-state index contributed by atoms with van der Waals surface area (Å²) in [7, 11) is 0. The zero-order chi connectivity index (χ0) is 10.7. The van der Waals surface area contributed by atoms with E-state index in [1.54, 1.807) is 0 Å². The third kappa shape index (κ3) is 2.64. The first-order valence-electron chi connectivity index (χ1n) is 5.25. The molecule has 2 N–H and O–H groups in total. The van der Waals surface area contributed by atoms with Crippen molar-refractivity contribution in [1.29, 1.82) is 0 Å². The van der Waals surface area contributed by atoms with Gasteiger partial charge in [-0.25, -0.2) is 0 Å². The summed E-state index contributed by atoms with van der Waals surface area (Å²) >= 11 is 1.40. The maximum atomic E-state index is 9.41. The van der Waals surface area contributed by atoms with E-state index in [1.165, 1.54) is 11.5 Å². The quantitative estimate of drug-likeness (QED) is 0.787. The molecule has 0 spiro atoms. The monoisotopic (exact) mass is 228 g/mol. The molecule has 0 amide bonds. The highest BCUT2D eigenvalue weighted by molar-refractivity contribution is 7.10. The van der Waals surface area contributed by atoms with Crippen molar-refractivity contribution in [3.63, 3.8) is 0 Å². The predicted molar refractivity (Wildman–Crippen MR) is 60.0 cm³/mol. The van der Waals surface area contributed by atoms with Crippen LogP contribution < -0.4 is 5.32 Å². The molecule has 84 valence electrons. The van der Waals surface area contributed by atoms with E-state index < -0.39 is 0 Å². The molecule has 0 bridgehead atoms. The fourth-order valence-corrected chi connectivity index (χ4v) is 2.42. The molecule has 1 fully saturated rings. The highest BCUT2D eigenvalue weighted by Gasteiger charge is 2.22. The summed E-state index contributed by atoms with van der Waals surface area (Å²) < 4.78 is 3.94. The third-order valence-corrected chi connectivity index (χ3v) is 3.24. The number of hydrogen-bond donors (Lipinski definition) is 2. The Balaban J connectivity index is 1.95. The lowest BCUT2D eigenvalue weighted by molar-refractivity contribution is 0.174.